The number of aromatic nitrogens is 1. The molecule has 0 aliphatic heterocycles. The number of nitro groups is 1. The molecule has 0 bridgehead atoms. The lowest BCUT2D eigenvalue weighted by Gasteiger charge is -2.07. The number of carbonyl (C=O) groups excluding carboxylic acids is 1. The highest BCUT2D eigenvalue weighted by atomic mass is 16.6. The molecule has 4 rings (SSSR count). The predicted molar refractivity (Wildman–Crippen MR) is 113 cm³/mol. The first-order chi connectivity index (χ1) is 15.0. The van der Waals surface area contributed by atoms with Gasteiger partial charge in [0.15, 0.2) is 17.9 Å². The Balaban J connectivity index is 1.45. The van der Waals surface area contributed by atoms with Crippen LogP contribution in [0.3, 0.4) is 0 Å². The summed E-state index contributed by atoms with van der Waals surface area (Å²) in [6.45, 7) is -0.376. The smallest absolute Gasteiger partial charge is 0.310 e. The summed E-state index contributed by atoms with van der Waals surface area (Å²) in [5, 5.41) is 13.7. The number of ether oxygens (including phenoxy) is 2. The van der Waals surface area contributed by atoms with Crippen molar-refractivity contribution >= 4 is 28.4 Å². The van der Waals surface area contributed by atoms with Crippen molar-refractivity contribution in [2.45, 2.75) is 0 Å². The van der Waals surface area contributed by atoms with Gasteiger partial charge in [-0.2, -0.15) is 0 Å². The van der Waals surface area contributed by atoms with Gasteiger partial charge in [-0.25, -0.2) is 4.98 Å². The standard InChI is InChI=1S/C22H17N3O6/c1-29-16-9-6-14(7-10-16)22-24-17-12-15(8-11-19(17)31-22)23-21(26)13-30-20-5-3-2-4-18(20)25(27)28/h2-12H,13H2,1H3,(H,23,26). The van der Waals surface area contributed by atoms with Crippen LogP contribution in [0, 0.1) is 10.1 Å². The van der Waals surface area contributed by atoms with Crippen LogP contribution >= 0.6 is 0 Å². The predicted octanol–water partition coefficient (Wildman–Crippen LogP) is 4.43. The normalized spacial score (nSPS) is 10.6. The minimum atomic E-state index is -0.563. The largest absolute Gasteiger partial charge is 0.497 e. The molecule has 0 aliphatic rings. The number of methoxy groups -OCH3 is 1. The Hall–Kier alpha value is -4.40. The maximum absolute atomic E-state index is 12.2. The number of hydrogen-bond donors (Lipinski definition) is 1. The maximum atomic E-state index is 12.2. The fraction of sp³-hybridized carbons (Fsp3) is 0.0909. The molecule has 0 saturated carbocycles. The van der Waals surface area contributed by atoms with Crippen molar-refractivity contribution in [2.75, 3.05) is 19.0 Å². The molecule has 9 heteroatoms. The topological polar surface area (TPSA) is 117 Å². The van der Waals surface area contributed by atoms with Gasteiger partial charge in [-0.15, -0.1) is 0 Å². The van der Waals surface area contributed by atoms with E-state index in [1.54, 1.807) is 31.4 Å². The molecule has 1 amide bonds. The number of nitrogens with one attached hydrogen (secondary N) is 1. The quantitative estimate of drug-likeness (QED) is 0.348. The summed E-state index contributed by atoms with van der Waals surface area (Å²) in [5.41, 5.74) is 2.23. The number of hydrogen-bond acceptors (Lipinski definition) is 7. The molecule has 0 spiro atoms. The van der Waals surface area contributed by atoms with Gasteiger partial charge in [0.05, 0.1) is 12.0 Å². The number of rotatable bonds is 7. The Bertz CT molecular complexity index is 1250. The molecule has 0 saturated heterocycles. The molecule has 1 aromatic heterocycles. The average Bonchev–Trinajstić information content (AvgIpc) is 3.21. The number of fused-ring (bicyclic) bond motifs is 1. The maximum Gasteiger partial charge on any atom is 0.310 e. The average molecular weight is 419 g/mol. The third kappa shape index (κ3) is 4.45. The van der Waals surface area contributed by atoms with Gasteiger partial charge in [0.2, 0.25) is 5.89 Å². The van der Waals surface area contributed by atoms with E-state index in [1.807, 2.05) is 24.3 Å². The van der Waals surface area contributed by atoms with E-state index in [2.05, 4.69) is 10.3 Å². The molecule has 0 radical (unpaired) electrons. The van der Waals surface area contributed by atoms with Crippen LogP contribution in [0.5, 0.6) is 11.5 Å². The summed E-state index contributed by atoms with van der Waals surface area (Å²) in [5.74, 6) is 0.740. The van der Waals surface area contributed by atoms with Gasteiger partial charge in [-0.3, -0.25) is 14.9 Å². The summed E-state index contributed by atoms with van der Waals surface area (Å²) >= 11 is 0. The summed E-state index contributed by atoms with van der Waals surface area (Å²) in [6.07, 6.45) is 0. The number of oxazole rings is 1. The van der Waals surface area contributed by atoms with Crippen molar-refractivity contribution < 1.29 is 23.6 Å². The monoisotopic (exact) mass is 419 g/mol. The van der Waals surface area contributed by atoms with Crippen molar-refractivity contribution in [3.63, 3.8) is 0 Å². The van der Waals surface area contributed by atoms with E-state index in [4.69, 9.17) is 13.9 Å². The summed E-state index contributed by atoms with van der Waals surface area (Å²) in [4.78, 5) is 27.2. The molecule has 156 valence electrons. The first kappa shape index (κ1) is 19.9. The highest BCUT2D eigenvalue weighted by Crippen LogP contribution is 2.28. The zero-order valence-corrected chi connectivity index (χ0v) is 16.4. The zero-order valence-electron chi connectivity index (χ0n) is 16.4. The van der Waals surface area contributed by atoms with Gasteiger partial charge in [0, 0.05) is 17.3 Å². The first-order valence-corrected chi connectivity index (χ1v) is 9.24. The Kier molecular flexibility index (Phi) is 5.48. The lowest BCUT2D eigenvalue weighted by atomic mass is 10.2. The molecule has 1 heterocycles. The Morgan fingerprint density at radius 3 is 2.65 bits per heavy atom. The summed E-state index contributed by atoms with van der Waals surface area (Å²) in [7, 11) is 1.59. The molecule has 4 aromatic rings. The number of nitro benzene ring substituents is 1. The summed E-state index contributed by atoms with van der Waals surface area (Å²) < 4.78 is 16.2. The molecule has 0 atom stereocenters. The summed E-state index contributed by atoms with van der Waals surface area (Å²) in [6, 6.07) is 18.2. The van der Waals surface area contributed by atoms with E-state index in [0.717, 1.165) is 11.3 Å². The molecule has 0 fully saturated rings. The van der Waals surface area contributed by atoms with E-state index in [0.29, 0.717) is 22.7 Å². The molecule has 0 unspecified atom stereocenters. The molecule has 0 aliphatic carbocycles. The Morgan fingerprint density at radius 2 is 1.90 bits per heavy atom. The molecule has 31 heavy (non-hydrogen) atoms. The Labute approximate surface area is 176 Å². The van der Waals surface area contributed by atoms with Crippen LogP contribution in [0.1, 0.15) is 0 Å². The number of carbonyl (C=O) groups is 1. The van der Waals surface area contributed by atoms with Crippen molar-refractivity contribution in [3.8, 4) is 23.0 Å². The first-order valence-electron chi connectivity index (χ1n) is 9.24. The fourth-order valence-corrected chi connectivity index (χ4v) is 2.93. The fourth-order valence-electron chi connectivity index (χ4n) is 2.93. The zero-order chi connectivity index (χ0) is 21.8. The van der Waals surface area contributed by atoms with Crippen molar-refractivity contribution in [3.05, 3.63) is 76.8 Å². The van der Waals surface area contributed by atoms with Gasteiger partial charge >= 0.3 is 5.69 Å². The van der Waals surface area contributed by atoms with Crippen LogP contribution in [0.2, 0.25) is 0 Å². The van der Waals surface area contributed by atoms with E-state index in [-0.39, 0.29) is 18.0 Å². The lowest BCUT2D eigenvalue weighted by molar-refractivity contribution is -0.385. The molecule has 1 N–H and O–H groups in total. The SMILES string of the molecule is COc1ccc(-c2nc3cc(NC(=O)COc4ccccc4[N+](=O)[O-])ccc3o2)cc1. The number of anilines is 1. The third-order valence-corrected chi connectivity index (χ3v) is 4.43. The second kappa shape index (κ2) is 8.54. The minimum absolute atomic E-state index is 0.0266. The van der Waals surface area contributed by atoms with Crippen LogP contribution in [0.15, 0.2) is 71.1 Å². The number of para-hydroxylation sites is 2. The Morgan fingerprint density at radius 1 is 1.13 bits per heavy atom. The van der Waals surface area contributed by atoms with E-state index in [1.165, 1.54) is 18.2 Å². The van der Waals surface area contributed by atoms with E-state index < -0.39 is 10.8 Å². The minimum Gasteiger partial charge on any atom is -0.497 e. The second-order valence-electron chi connectivity index (χ2n) is 6.49. The van der Waals surface area contributed by atoms with Crippen LogP contribution < -0.4 is 14.8 Å². The van der Waals surface area contributed by atoms with Crippen LogP contribution in [-0.4, -0.2) is 29.5 Å². The van der Waals surface area contributed by atoms with Crippen molar-refractivity contribution in [2.24, 2.45) is 0 Å². The molecule has 9 nitrogen and oxygen atoms in total. The van der Waals surface area contributed by atoms with Crippen LogP contribution in [-0.2, 0) is 4.79 Å². The van der Waals surface area contributed by atoms with Crippen molar-refractivity contribution in [1.82, 2.24) is 4.98 Å². The van der Waals surface area contributed by atoms with E-state index >= 15 is 0 Å². The molecular formula is C22H17N3O6. The number of amides is 1. The van der Waals surface area contributed by atoms with Crippen LogP contribution in [0.25, 0.3) is 22.6 Å². The van der Waals surface area contributed by atoms with Gasteiger partial charge in [0.1, 0.15) is 11.3 Å². The highest BCUT2D eigenvalue weighted by molar-refractivity contribution is 5.94. The van der Waals surface area contributed by atoms with Gasteiger partial charge < -0.3 is 19.2 Å². The van der Waals surface area contributed by atoms with Gasteiger partial charge in [-0.05, 0) is 48.5 Å². The van der Waals surface area contributed by atoms with Gasteiger partial charge in [-0.1, -0.05) is 12.1 Å². The van der Waals surface area contributed by atoms with Crippen LogP contribution in [0.4, 0.5) is 11.4 Å². The van der Waals surface area contributed by atoms with Gasteiger partial charge in [0.25, 0.3) is 5.91 Å². The number of nitrogens with zero attached hydrogens (tertiary/aromatic N) is 2. The number of benzene rings is 3. The molecule has 3 aromatic carbocycles. The van der Waals surface area contributed by atoms with Crippen molar-refractivity contribution in [1.29, 1.82) is 0 Å². The highest BCUT2D eigenvalue weighted by Gasteiger charge is 2.15. The third-order valence-electron chi connectivity index (χ3n) is 4.43. The molecular weight excluding hydrogens is 402 g/mol. The van der Waals surface area contributed by atoms with E-state index in [9.17, 15) is 14.9 Å². The second-order valence-corrected chi connectivity index (χ2v) is 6.49. The lowest BCUT2D eigenvalue weighted by Crippen LogP contribution is -2.20.